The van der Waals surface area contributed by atoms with Gasteiger partial charge in [0, 0.05) is 43.1 Å². The van der Waals surface area contributed by atoms with E-state index < -0.39 is 4.92 Å². The number of nitrogens with one attached hydrogen (secondary N) is 2. The summed E-state index contributed by atoms with van der Waals surface area (Å²) in [6, 6.07) is 4.44. The van der Waals surface area contributed by atoms with E-state index in [1.54, 1.807) is 6.07 Å². The third kappa shape index (κ3) is 3.68. The fraction of sp³-hybridized carbons (Fsp3) is 0.621. The van der Waals surface area contributed by atoms with Crippen LogP contribution in [-0.4, -0.2) is 38.7 Å². The van der Waals surface area contributed by atoms with E-state index in [1.807, 2.05) is 11.9 Å². The van der Waals surface area contributed by atoms with Crippen molar-refractivity contribution in [2.24, 2.45) is 34.5 Å². The Bertz CT molecular complexity index is 1380. The molecule has 3 aliphatic carbocycles. The van der Waals surface area contributed by atoms with E-state index in [-0.39, 0.29) is 28.3 Å². The molecule has 0 spiro atoms. The largest absolute Gasteiger partial charge is 0.324 e. The van der Waals surface area contributed by atoms with Gasteiger partial charge in [0.15, 0.2) is 0 Å². The molecule has 202 valence electrons. The van der Waals surface area contributed by atoms with E-state index in [4.69, 9.17) is 0 Å². The van der Waals surface area contributed by atoms with E-state index in [0.29, 0.717) is 53.5 Å². The molecule has 1 aromatic heterocycles. The Hall–Kier alpha value is -3.23. The third-order valence-electron chi connectivity index (χ3n) is 10.9. The molecule has 38 heavy (non-hydrogen) atoms. The molecule has 0 radical (unpaired) electrons. The number of rotatable bonds is 4. The number of hydrogen-bond donors (Lipinski definition) is 2. The number of carbonyl (C=O) groups is 2. The number of nitrogens with zero attached hydrogens (tertiary/aromatic N) is 3. The summed E-state index contributed by atoms with van der Waals surface area (Å²) in [6.07, 6.45) is 7.55. The van der Waals surface area contributed by atoms with Crippen LogP contribution in [0.25, 0.3) is 11.0 Å². The number of aromatic nitrogens is 2. The number of piperidine rings is 1. The average molecular weight is 520 g/mol. The minimum Gasteiger partial charge on any atom is -0.324 e. The monoisotopic (exact) mass is 519 g/mol. The maximum atomic E-state index is 13.2. The van der Waals surface area contributed by atoms with Gasteiger partial charge in [0.05, 0.1) is 16.0 Å². The summed E-state index contributed by atoms with van der Waals surface area (Å²) in [6.45, 7) is 7.04. The second kappa shape index (κ2) is 8.64. The van der Waals surface area contributed by atoms with Crippen LogP contribution in [-0.2, 0) is 9.59 Å². The van der Waals surface area contributed by atoms with Crippen molar-refractivity contribution in [2.75, 3.05) is 12.4 Å². The Morgan fingerprint density at radius 2 is 2.03 bits per heavy atom. The highest BCUT2D eigenvalue weighted by molar-refractivity contribution is 5.91. The summed E-state index contributed by atoms with van der Waals surface area (Å²) in [5, 5.41) is 14.0. The third-order valence-corrected chi connectivity index (χ3v) is 10.9. The molecule has 9 nitrogen and oxygen atoms in total. The molecule has 2 heterocycles. The van der Waals surface area contributed by atoms with E-state index in [9.17, 15) is 19.7 Å². The number of fused-ring (bicyclic) bond motifs is 6. The first-order valence-corrected chi connectivity index (χ1v) is 13.9. The van der Waals surface area contributed by atoms with Gasteiger partial charge in [0.25, 0.3) is 5.69 Å². The highest BCUT2D eigenvalue weighted by atomic mass is 16.6. The summed E-state index contributed by atoms with van der Waals surface area (Å²) in [4.78, 5) is 45.7. The number of benzene rings is 1. The molecule has 1 aromatic carbocycles. The predicted molar refractivity (Wildman–Crippen MR) is 144 cm³/mol. The number of anilines is 1. The molecule has 2 unspecified atom stereocenters. The van der Waals surface area contributed by atoms with Crippen LogP contribution in [0.3, 0.4) is 0 Å². The molecule has 1 saturated heterocycles. The molecule has 4 aliphatic rings. The van der Waals surface area contributed by atoms with Crippen molar-refractivity contribution in [3.63, 3.8) is 0 Å². The lowest BCUT2D eigenvalue weighted by molar-refractivity contribution is -0.384. The van der Waals surface area contributed by atoms with Gasteiger partial charge < -0.3 is 9.88 Å². The number of imidazole rings is 1. The highest BCUT2D eigenvalue weighted by Gasteiger charge is 2.60. The normalized spacial score (nSPS) is 34.6. The first kappa shape index (κ1) is 25.1. The minimum absolute atomic E-state index is 0.0141. The van der Waals surface area contributed by atoms with Crippen LogP contribution in [0, 0.1) is 44.6 Å². The number of likely N-dealkylation sites (tertiary alicyclic amines) is 1. The smallest absolute Gasteiger partial charge is 0.271 e. The minimum atomic E-state index is -0.443. The molecule has 1 aliphatic heterocycles. The Morgan fingerprint density at radius 1 is 1.24 bits per heavy atom. The van der Waals surface area contributed by atoms with Crippen LogP contribution in [0.5, 0.6) is 0 Å². The van der Waals surface area contributed by atoms with Crippen LogP contribution in [0.15, 0.2) is 29.5 Å². The first-order chi connectivity index (χ1) is 18.0. The van der Waals surface area contributed by atoms with Crippen molar-refractivity contribution in [2.45, 2.75) is 72.1 Å². The van der Waals surface area contributed by atoms with Crippen LogP contribution in [0.2, 0.25) is 0 Å². The van der Waals surface area contributed by atoms with Gasteiger partial charge in [-0.25, -0.2) is 4.98 Å². The zero-order valence-electron chi connectivity index (χ0n) is 22.7. The number of allylic oxidation sites excluding steroid dienone is 2. The van der Waals surface area contributed by atoms with Crippen molar-refractivity contribution in [1.82, 2.24) is 14.9 Å². The molecule has 2 amide bonds. The van der Waals surface area contributed by atoms with Gasteiger partial charge in [-0.1, -0.05) is 19.4 Å². The molecule has 2 saturated carbocycles. The van der Waals surface area contributed by atoms with E-state index in [0.717, 1.165) is 38.5 Å². The van der Waals surface area contributed by atoms with Gasteiger partial charge in [0.1, 0.15) is 0 Å². The Kier molecular flexibility index (Phi) is 5.70. The molecule has 3 fully saturated rings. The van der Waals surface area contributed by atoms with Gasteiger partial charge in [0.2, 0.25) is 17.8 Å². The molecule has 6 atom stereocenters. The molecule has 2 aromatic rings. The molecular weight excluding hydrogens is 482 g/mol. The number of H-pyrrole nitrogens is 1. The summed E-state index contributed by atoms with van der Waals surface area (Å²) in [5.41, 5.74) is 3.94. The number of hydrogen-bond acceptors (Lipinski definition) is 5. The number of aromatic amines is 1. The van der Waals surface area contributed by atoms with E-state index in [1.165, 1.54) is 23.4 Å². The van der Waals surface area contributed by atoms with Crippen molar-refractivity contribution in [1.29, 1.82) is 0 Å². The second-order valence-corrected chi connectivity index (χ2v) is 12.7. The highest BCUT2D eigenvalue weighted by Crippen LogP contribution is 2.67. The lowest BCUT2D eigenvalue weighted by atomic mass is 9.48. The zero-order chi connectivity index (χ0) is 27.0. The van der Waals surface area contributed by atoms with E-state index >= 15 is 0 Å². The van der Waals surface area contributed by atoms with Crippen LogP contribution >= 0.6 is 0 Å². The second-order valence-electron chi connectivity index (χ2n) is 12.7. The van der Waals surface area contributed by atoms with Crippen molar-refractivity contribution >= 4 is 34.5 Å². The topological polar surface area (TPSA) is 121 Å². The summed E-state index contributed by atoms with van der Waals surface area (Å²) < 4.78 is 0. The van der Waals surface area contributed by atoms with Crippen molar-refractivity contribution < 1.29 is 14.5 Å². The van der Waals surface area contributed by atoms with Gasteiger partial charge >= 0.3 is 0 Å². The van der Waals surface area contributed by atoms with Gasteiger partial charge in [-0.2, -0.15) is 0 Å². The number of non-ortho nitro benzene ring substituents is 1. The predicted octanol–water partition coefficient (Wildman–Crippen LogP) is 5.79. The van der Waals surface area contributed by atoms with Crippen molar-refractivity contribution in [3.8, 4) is 0 Å². The Morgan fingerprint density at radius 3 is 2.79 bits per heavy atom. The average Bonchev–Trinajstić information content (AvgIpc) is 3.41. The van der Waals surface area contributed by atoms with Crippen molar-refractivity contribution in [3.05, 3.63) is 39.6 Å². The molecule has 9 heteroatoms. The molecular formula is C29H37N5O4. The summed E-state index contributed by atoms with van der Waals surface area (Å²) in [7, 11) is 1.96. The number of amides is 2. The summed E-state index contributed by atoms with van der Waals surface area (Å²) >= 11 is 0. The lowest BCUT2D eigenvalue weighted by Crippen LogP contribution is -2.54. The Labute approximate surface area is 222 Å². The van der Waals surface area contributed by atoms with Gasteiger partial charge in [-0.05, 0) is 80.6 Å². The Balaban J connectivity index is 1.18. The molecule has 6 rings (SSSR count). The fourth-order valence-corrected chi connectivity index (χ4v) is 9.13. The van der Waals surface area contributed by atoms with Crippen LogP contribution in [0.1, 0.15) is 72.1 Å². The lowest BCUT2D eigenvalue weighted by Gasteiger charge is -2.59. The molecule has 2 N–H and O–H groups in total. The zero-order valence-corrected chi connectivity index (χ0v) is 22.7. The van der Waals surface area contributed by atoms with Gasteiger partial charge in [-0.15, -0.1) is 0 Å². The quantitative estimate of drug-likeness (QED) is 0.391. The standard InChI is InChI=1S/C29H37N5O4/c1-16-13-19-20-7-5-17(14-24(35)32-27-30-22-8-6-18(34(37)38)15-23(22)31-27)28(20,2)11-9-21(19)29(3)12-10-25(36)33(4)26(16)29/h6,8,15,17,19-21H,5,7,9-14H2,1-4H3,(H2,30,31,32,35)/t17-,19?,20+,21?,28-,29-/m1/s1. The number of carbonyl (C=O) groups excluding carboxylic acids is 2. The number of nitro groups is 1. The maximum absolute atomic E-state index is 13.2. The SMILES string of the molecule is CC1=C2N(C)C(=O)CC[C@]2(C)C2CC[C@]3(C)[C@@H](CC(=O)Nc4nc5ccc([N+](=O)[O-])cc5[nH]4)CC[C@H]3C2C1. The summed E-state index contributed by atoms with van der Waals surface area (Å²) in [5.74, 6) is 2.60. The fourth-order valence-electron chi connectivity index (χ4n) is 9.13. The van der Waals surface area contributed by atoms with Crippen LogP contribution in [0.4, 0.5) is 11.6 Å². The van der Waals surface area contributed by atoms with Gasteiger partial charge in [-0.3, -0.25) is 25.0 Å². The van der Waals surface area contributed by atoms with E-state index in [2.05, 4.69) is 36.1 Å². The molecule has 0 bridgehead atoms. The number of nitro benzene ring substituents is 1. The van der Waals surface area contributed by atoms with Crippen LogP contribution < -0.4 is 5.32 Å². The maximum Gasteiger partial charge on any atom is 0.271 e. The first-order valence-electron chi connectivity index (χ1n) is 13.9.